The zero-order chi connectivity index (χ0) is 20.2. The van der Waals surface area contributed by atoms with Gasteiger partial charge in [0, 0.05) is 36.3 Å². The molecule has 0 bridgehead atoms. The van der Waals surface area contributed by atoms with Crippen molar-refractivity contribution in [2.75, 3.05) is 19.7 Å². The molecule has 6 nitrogen and oxygen atoms in total. The number of ether oxygens (including phenoxy) is 1. The fraction of sp³-hybridized carbons (Fsp3) is 0.391. The fourth-order valence-corrected chi connectivity index (χ4v) is 3.08. The zero-order valence-corrected chi connectivity index (χ0v) is 16.5. The molecule has 0 atom stereocenters. The Kier molecular flexibility index (Phi) is 5.68. The molecule has 1 aliphatic carbocycles. The van der Waals surface area contributed by atoms with Crippen LogP contribution in [0.5, 0.6) is 5.75 Å². The maximum absolute atomic E-state index is 12.5. The second-order valence-electron chi connectivity index (χ2n) is 7.71. The second-order valence-corrected chi connectivity index (χ2v) is 7.71. The van der Waals surface area contributed by atoms with Crippen LogP contribution in [0.15, 0.2) is 41.2 Å². The number of carbonyl (C=O) groups is 1. The van der Waals surface area contributed by atoms with Gasteiger partial charge < -0.3 is 19.9 Å². The van der Waals surface area contributed by atoms with Gasteiger partial charge in [0.25, 0.3) is 11.5 Å². The van der Waals surface area contributed by atoms with E-state index in [1.165, 1.54) is 18.9 Å². The van der Waals surface area contributed by atoms with Gasteiger partial charge in [-0.25, -0.2) is 0 Å². The quantitative estimate of drug-likeness (QED) is 0.731. The minimum Gasteiger partial charge on any atom is -0.484 e. The molecule has 29 heavy (non-hydrogen) atoms. The highest BCUT2D eigenvalue weighted by Crippen LogP contribution is 2.27. The summed E-state index contributed by atoms with van der Waals surface area (Å²) in [6, 6.07) is 11.4. The highest BCUT2D eigenvalue weighted by atomic mass is 16.5. The Morgan fingerprint density at radius 1 is 1.24 bits per heavy atom. The van der Waals surface area contributed by atoms with E-state index in [0.29, 0.717) is 18.2 Å². The number of pyridine rings is 1. The summed E-state index contributed by atoms with van der Waals surface area (Å²) in [5.41, 5.74) is 2.67. The van der Waals surface area contributed by atoms with Crippen LogP contribution in [0.4, 0.5) is 0 Å². The third-order valence-corrected chi connectivity index (χ3v) is 5.12. The van der Waals surface area contributed by atoms with Crippen molar-refractivity contribution in [2.24, 2.45) is 5.92 Å². The van der Waals surface area contributed by atoms with Gasteiger partial charge in [0.1, 0.15) is 5.75 Å². The molecule has 6 heteroatoms. The van der Waals surface area contributed by atoms with Crippen LogP contribution in [-0.2, 0) is 11.3 Å². The van der Waals surface area contributed by atoms with E-state index in [-0.39, 0.29) is 24.1 Å². The third-order valence-electron chi connectivity index (χ3n) is 5.12. The molecule has 0 unspecified atom stereocenters. The first kappa shape index (κ1) is 19.3. The van der Waals surface area contributed by atoms with Crippen molar-refractivity contribution in [1.82, 2.24) is 15.2 Å². The maximum Gasteiger partial charge on any atom is 0.258 e. The minimum absolute atomic E-state index is 0.0945. The van der Waals surface area contributed by atoms with Gasteiger partial charge in [-0.05, 0) is 43.5 Å². The van der Waals surface area contributed by atoms with Gasteiger partial charge in [-0.1, -0.05) is 24.0 Å². The van der Waals surface area contributed by atoms with Crippen LogP contribution in [0.2, 0.25) is 0 Å². The molecule has 2 aromatic rings. The average molecular weight is 391 g/mol. The normalized spacial score (nSPS) is 15.8. The van der Waals surface area contributed by atoms with Gasteiger partial charge >= 0.3 is 0 Å². The minimum atomic E-state index is -0.178. The zero-order valence-electron chi connectivity index (χ0n) is 16.5. The van der Waals surface area contributed by atoms with Crippen molar-refractivity contribution in [1.29, 1.82) is 0 Å². The second kappa shape index (κ2) is 8.54. The molecule has 0 spiro atoms. The molecule has 1 aliphatic heterocycles. The summed E-state index contributed by atoms with van der Waals surface area (Å²) in [4.78, 5) is 24.4. The van der Waals surface area contributed by atoms with Crippen molar-refractivity contribution in [3.05, 3.63) is 63.6 Å². The van der Waals surface area contributed by atoms with Crippen molar-refractivity contribution in [2.45, 2.75) is 32.4 Å². The van der Waals surface area contributed by atoms with Crippen molar-refractivity contribution >= 4 is 5.91 Å². The van der Waals surface area contributed by atoms with E-state index in [2.05, 4.69) is 22.5 Å². The molecule has 2 N–H and O–H groups in total. The summed E-state index contributed by atoms with van der Waals surface area (Å²) < 4.78 is 7.20. The Bertz CT molecular complexity index is 1010. The van der Waals surface area contributed by atoms with Crippen LogP contribution in [-0.4, -0.2) is 36.2 Å². The number of nitrogens with one attached hydrogen (secondary N) is 2. The Morgan fingerprint density at radius 2 is 2.00 bits per heavy atom. The maximum atomic E-state index is 12.5. The largest absolute Gasteiger partial charge is 0.484 e. The van der Waals surface area contributed by atoms with Gasteiger partial charge in [-0.3, -0.25) is 9.59 Å². The lowest BCUT2D eigenvalue weighted by Crippen LogP contribution is -2.57. The predicted molar refractivity (Wildman–Crippen MR) is 111 cm³/mol. The topological polar surface area (TPSA) is 72.4 Å². The van der Waals surface area contributed by atoms with Crippen LogP contribution in [0.3, 0.4) is 0 Å². The number of amides is 1. The molecule has 2 heterocycles. The number of carbonyl (C=O) groups excluding carboxylic acids is 1. The Balaban J connectivity index is 1.37. The van der Waals surface area contributed by atoms with E-state index >= 15 is 0 Å². The lowest BCUT2D eigenvalue weighted by molar-refractivity contribution is -0.124. The van der Waals surface area contributed by atoms with Gasteiger partial charge in [-0.2, -0.15) is 0 Å². The lowest BCUT2D eigenvalue weighted by atomic mass is 10.1. The number of aromatic nitrogens is 1. The molecule has 1 saturated carbocycles. The summed E-state index contributed by atoms with van der Waals surface area (Å²) in [7, 11) is 0. The number of nitrogens with zero attached hydrogens (tertiary/aromatic N) is 1. The van der Waals surface area contributed by atoms with Crippen molar-refractivity contribution < 1.29 is 9.53 Å². The SMILES string of the molecule is Cc1cc(OCC(=O)NC2CNC2)cc(=O)n1Cc1ccc(C#CC2CC2)cc1. The lowest BCUT2D eigenvalue weighted by Gasteiger charge is -2.27. The first-order valence-electron chi connectivity index (χ1n) is 10.0. The first-order valence-corrected chi connectivity index (χ1v) is 10.0. The van der Waals surface area contributed by atoms with Crippen molar-refractivity contribution in [3.8, 4) is 17.6 Å². The number of benzene rings is 1. The summed E-state index contributed by atoms with van der Waals surface area (Å²) in [6.07, 6.45) is 2.44. The standard InChI is InChI=1S/C23H25N3O3/c1-16-10-21(29-15-22(27)25-20-12-24-13-20)11-23(28)26(16)14-19-8-6-18(7-9-19)5-4-17-2-3-17/h6-11,17,20,24H,2-3,12-15H2,1H3,(H,25,27). The molecule has 150 valence electrons. The van der Waals surface area contributed by atoms with Gasteiger partial charge in [0.15, 0.2) is 6.61 Å². The Morgan fingerprint density at radius 3 is 2.62 bits per heavy atom. The number of hydrogen-bond donors (Lipinski definition) is 2. The Labute approximate surface area is 170 Å². The van der Waals surface area contributed by atoms with E-state index in [4.69, 9.17) is 4.74 Å². The molecule has 4 rings (SSSR count). The van der Waals surface area contributed by atoms with E-state index < -0.39 is 0 Å². The third kappa shape index (κ3) is 5.27. The van der Waals surface area contributed by atoms with Crippen LogP contribution in [0, 0.1) is 24.7 Å². The highest BCUT2D eigenvalue weighted by molar-refractivity contribution is 5.78. The fourth-order valence-electron chi connectivity index (χ4n) is 3.08. The molecule has 1 aromatic heterocycles. The smallest absolute Gasteiger partial charge is 0.258 e. The van der Waals surface area contributed by atoms with Crippen LogP contribution in [0.1, 0.15) is 29.7 Å². The molecule has 2 fully saturated rings. The van der Waals surface area contributed by atoms with Gasteiger partial charge in [0.05, 0.1) is 12.6 Å². The van der Waals surface area contributed by atoms with E-state index in [1.54, 1.807) is 10.6 Å². The summed E-state index contributed by atoms with van der Waals surface area (Å²) in [5.74, 6) is 7.27. The summed E-state index contributed by atoms with van der Waals surface area (Å²) in [5, 5.41) is 5.95. The van der Waals surface area contributed by atoms with Gasteiger partial charge in [0.2, 0.25) is 0 Å². The molecule has 1 aromatic carbocycles. The highest BCUT2D eigenvalue weighted by Gasteiger charge is 2.19. The molecular formula is C23H25N3O3. The predicted octanol–water partition coefficient (Wildman–Crippen LogP) is 1.43. The molecule has 0 radical (unpaired) electrons. The van der Waals surface area contributed by atoms with Crippen LogP contribution in [0.25, 0.3) is 0 Å². The molecule has 1 amide bonds. The Hall–Kier alpha value is -3.04. The average Bonchev–Trinajstić information content (AvgIpc) is 3.50. The van der Waals surface area contributed by atoms with E-state index in [0.717, 1.165) is 29.9 Å². The van der Waals surface area contributed by atoms with Crippen LogP contribution >= 0.6 is 0 Å². The van der Waals surface area contributed by atoms with E-state index in [9.17, 15) is 9.59 Å². The van der Waals surface area contributed by atoms with Crippen LogP contribution < -0.4 is 20.9 Å². The molecule has 1 saturated heterocycles. The monoisotopic (exact) mass is 391 g/mol. The number of hydrogen-bond acceptors (Lipinski definition) is 4. The number of aryl methyl sites for hydroxylation is 1. The molecular weight excluding hydrogens is 366 g/mol. The van der Waals surface area contributed by atoms with Crippen molar-refractivity contribution in [3.63, 3.8) is 0 Å². The first-order chi connectivity index (χ1) is 14.1. The molecule has 2 aliphatic rings. The summed E-state index contributed by atoms with van der Waals surface area (Å²) >= 11 is 0. The number of rotatable bonds is 6. The summed E-state index contributed by atoms with van der Waals surface area (Å²) in [6.45, 7) is 3.83. The van der Waals surface area contributed by atoms with Gasteiger partial charge in [-0.15, -0.1) is 0 Å². The van der Waals surface area contributed by atoms with E-state index in [1.807, 2.05) is 31.2 Å².